The summed E-state index contributed by atoms with van der Waals surface area (Å²) in [5.41, 5.74) is 2.18. The fourth-order valence-corrected chi connectivity index (χ4v) is 2.37. The Morgan fingerprint density at radius 2 is 1.76 bits per heavy atom. The molecule has 0 aliphatic rings. The number of para-hydroxylation sites is 2. The van der Waals surface area contributed by atoms with E-state index in [1.165, 1.54) is 0 Å². The molecule has 0 heterocycles. The molecule has 0 unspecified atom stereocenters. The summed E-state index contributed by atoms with van der Waals surface area (Å²) >= 11 is 0. The van der Waals surface area contributed by atoms with Crippen LogP contribution in [0, 0.1) is 0 Å². The Morgan fingerprint density at radius 3 is 2.60 bits per heavy atom. The largest absolute Gasteiger partial charge is 0.491 e. The van der Waals surface area contributed by atoms with E-state index in [1.54, 1.807) is 0 Å². The predicted molar refractivity (Wildman–Crippen MR) is 103 cm³/mol. The lowest BCUT2D eigenvalue weighted by atomic mass is 10.2. The lowest BCUT2D eigenvalue weighted by molar-refractivity contribution is 0.110. The van der Waals surface area contributed by atoms with E-state index < -0.39 is 0 Å². The number of ether oxygens (including phenoxy) is 3. The van der Waals surface area contributed by atoms with E-state index in [9.17, 15) is 0 Å². The highest BCUT2D eigenvalue weighted by atomic mass is 16.5. The van der Waals surface area contributed by atoms with Gasteiger partial charge in [-0.15, -0.1) is 0 Å². The summed E-state index contributed by atoms with van der Waals surface area (Å²) in [5.74, 6) is 1.77. The summed E-state index contributed by atoms with van der Waals surface area (Å²) in [7, 11) is 0. The van der Waals surface area contributed by atoms with Gasteiger partial charge in [0.1, 0.15) is 18.1 Å². The summed E-state index contributed by atoms with van der Waals surface area (Å²) in [6.45, 7) is 7.51. The second-order valence-electron chi connectivity index (χ2n) is 5.74. The molecule has 0 radical (unpaired) electrons. The van der Waals surface area contributed by atoms with Gasteiger partial charge in [-0.05, 0) is 43.2 Å². The van der Waals surface area contributed by atoms with Crippen molar-refractivity contribution in [2.75, 3.05) is 31.7 Å². The van der Waals surface area contributed by atoms with Crippen molar-refractivity contribution >= 4 is 5.69 Å². The fourth-order valence-electron chi connectivity index (χ4n) is 2.37. The van der Waals surface area contributed by atoms with Gasteiger partial charge >= 0.3 is 0 Å². The molecular weight excluding hydrogens is 314 g/mol. The van der Waals surface area contributed by atoms with Crippen molar-refractivity contribution in [2.24, 2.45) is 0 Å². The summed E-state index contributed by atoms with van der Waals surface area (Å²) < 4.78 is 16.9. The Hall–Kier alpha value is -2.20. The molecule has 0 atom stereocenters. The zero-order valence-corrected chi connectivity index (χ0v) is 15.3. The highest BCUT2D eigenvalue weighted by Crippen LogP contribution is 2.25. The maximum absolute atomic E-state index is 5.86. The molecule has 1 N–H and O–H groups in total. The van der Waals surface area contributed by atoms with Crippen LogP contribution in [0.15, 0.2) is 48.5 Å². The molecule has 136 valence electrons. The molecule has 0 spiro atoms. The van der Waals surface area contributed by atoms with Crippen molar-refractivity contribution in [1.29, 1.82) is 0 Å². The minimum atomic E-state index is 0.568. The molecule has 4 nitrogen and oxygen atoms in total. The maximum Gasteiger partial charge on any atom is 0.142 e. The number of rotatable bonds is 12. The van der Waals surface area contributed by atoms with Gasteiger partial charge in [-0.1, -0.05) is 37.6 Å². The van der Waals surface area contributed by atoms with E-state index in [0.717, 1.165) is 48.7 Å². The van der Waals surface area contributed by atoms with Crippen LogP contribution < -0.4 is 14.8 Å². The van der Waals surface area contributed by atoms with Crippen LogP contribution in [0.5, 0.6) is 11.5 Å². The highest BCUT2D eigenvalue weighted by molar-refractivity contribution is 5.56. The maximum atomic E-state index is 5.86. The number of benzene rings is 2. The van der Waals surface area contributed by atoms with E-state index in [4.69, 9.17) is 14.2 Å². The molecule has 25 heavy (non-hydrogen) atoms. The molecule has 2 aromatic rings. The molecule has 0 amide bonds. The topological polar surface area (TPSA) is 39.7 Å². The fraction of sp³-hybridized carbons (Fsp3) is 0.429. The number of hydrogen-bond donors (Lipinski definition) is 1. The van der Waals surface area contributed by atoms with Gasteiger partial charge in [0.05, 0.1) is 18.9 Å². The summed E-state index contributed by atoms with van der Waals surface area (Å²) in [6.07, 6.45) is 2.20. The molecule has 0 fully saturated rings. The van der Waals surface area contributed by atoms with Crippen molar-refractivity contribution in [1.82, 2.24) is 0 Å². The van der Waals surface area contributed by atoms with E-state index in [0.29, 0.717) is 19.8 Å². The Kier molecular flexibility index (Phi) is 8.70. The Balaban J connectivity index is 1.88. The van der Waals surface area contributed by atoms with E-state index >= 15 is 0 Å². The average molecular weight is 343 g/mol. The summed E-state index contributed by atoms with van der Waals surface area (Å²) in [5, 5.41) is 3.45. The molecule has 0 saturated heterocycles. The first-order valence-electron chi connectivity index (χ1n) is 9.08. The van der Waals surface area contributed by atoms with Crippen LogP contribution in [0.4, 0.5) is 5.69 Å². The van der Waals surface area contributed by atoms with Crippen LogP contribution in [0.2, 0.25) is 0 Å². The number of nitrogens with one attached hydrogen (secondary N) is 1. The van der Waals surface area contributed by atoms with Gasteiger partial charge in [0, 0.05) is 13.2 Å². The Labute approximate surface area is 151 Å². The minimum absolute atomic E-state index is 0.568. The van der Waals surface area contributed by atoms with Gasteiger partial charge in [0.2, 0.25) is 0 Å². The molecule has 2 rings (SSSR count). The molecular formula is C21H29NO3. The first-order chi connectivity index (χ1) is 12.3. The van der Waals surface area contributed by atoms with Crippen LogP contribution in [0.25, 0.3) is 0 Å². The SMILES string of the molecule is CCCCOc1ccccc1NCc1cccc(OCCOCC)c1. The van der Waals surface area contributed by atoms with Crippen LogP contribution in [-0.4, -0.2) is 26.4 Å². The van der Waals surface area contributed by atoms with Gasteiger partial charge in [0.25, 0.3) is 0 Å². The molecule has 0 aliphatic heterocycles. The third-order valence-electron chi connectivity index (χ3n) is 3.72. The van der Waals surface area contributed by atoms with Gasteiger partial charge in [0.15, 0.2) is 0 Å². The van der Waals surface area contributed by atoms with Crippen molar-refractivity contribution in [3.05, 3.63) is 54.1 Å². The average Bonchev–Trinajstić information content (AvgIpc) is 2.65. The highest BCUT2D eigenvalue weighted by Gasteiger charge is 2.03. The van der Waals surface area contributed by atoms with Gasteiger partial charge in [-0.25, -0.2) is 0 Å². The number of hydrogen-bond acceptors (Lipinski definition) is 4. The van der Waals surface area contributed by atoms with Crippen LogP contribution in [0.3, 0.4) is 0 Å². The van der Waals surface area contributed by atoms with Gasteiger partial charge in [-0.3, -0.25) is 0 Å². The van der Waals surface area contributed by atoms with Crippen molar-refractivity contribution < 1.29 is 14.2 Å². The standard InChI is InChI=1S/C21H29NO3/c1-3-5-13-25-21-12-7-6-11-20(21)22-17-18-9-8-10-19(16-18)24-15-14-23-4-2/h6-12,16,22H,3-5,13-15,17H2,1-2H3. The zero-order chi connectivity index (χ0) is 17.7. The monoisotopic (exact) mass is 343 g/mol. The van der Waals surface area contributed by atoms with Gasteiger partial charge in [-0.2, -0.15) is 0 Å². The molecule has 0 saturated carbocycles. The summed E-state index contributed by atoms with van der Waals surface area (Å²) in [4.78, 5) is 0. The third-order valence-corrected chi connectivity index (χ3v) is 3.72. The number of anilines is 1. The molecule has 0 aromatic heterocycles. The molecule has 0 bridgehead atoms. The predicted octanol–water partition coefficient (Wildman–Crippen LogP) is 4.89. The van der Waals surface area contributed by atoms with Crippen molar-refractivity contribution in [2.45, 2.75) is 33.2 Å². The second kappa shape index (κ2) is 11.4. The lowest BCUT2D eigenvalue weighted by Gasteiger charge is -2.14. The van der Waals surface area contributed by atoms with E-state index in [2.05, 4.69) is 24.4 Å². The molecule has 0 aliphatic carbocycles. The van der Waals surface area contributed by atoms with Crippen LogP contribution in [0.1, 0.15) is 32.3 Å². The normalized spacial score (nSPS) is 10.5. The van der Waals surface area contributed by atoms with Crippen molar-refractivity contribution in [3.8, 4) is 11.5 Å². The first-order valence-corrected chi connectivity index (χ1v) is 9.08. The minimum Gasteiger partial charge on any atom is -0.491 e. The van der Waals surface area contributed by atoms with Crippen LogP contribution >= 0.6 is 0 Å². The third kappa shape index (κ3) is 7.06. The van der Waals surface area contributed by atoms with E-state index in [-0.39, 0.29) is 0 Å². The molecule has 2 aromatic carbocycles. The smallest absolute Gasteiger partial charge is 0.142 e. The molecule has 4 heteroatoms. The van der Waals surface area contributed by atoms with Gasteiger partial charge < -0.3 is 19.5 Å². The zero-order valence-electron chi connectivity index (χ0n) is 15.3. The lowest BCUT2D eigenvalue weighted by Crippen LogP contribution is -2.07. The van der Waals surface area contributed by atoms with E-state index in [1.807, 2.05) is 43.3 Å². The number of unbranched alkanes of at least 4 members (excludes halogenated alkanes) is 1. The Morgan fingerprint density at radius 1 is 0.880 bits per heavy atom. The second-order valence-corrected chi connectivity index (χ2v) is 5.74. The Bertz CT molecular complexity index is 616. The quantitative estimate of drug-likeness (QED) is 0.557. The summed E-state index contributed by atoms with van der Waals surface area (Å²) in [6, 6.07) is 16.2. The van der Waals surface area contributed by atoms with Crippen LogP contribution in [-0.2, 0) is 11.3 Å². The van der Waals surface area contributed by atoms with Crippen molar-refractivity contribution in [3.63, 3.8) is 0 Å². The first kappa shape index (κ1) is 19.1.